The fourth-order valence-corrected chi connectivity index (χ4v) is 2.31. The lowest BCUT2D eigenvalue weighted by molar-refractivity contribution is 0.184. The summed E-state index contributed by atoms with van der Waals surface area (Å²) in [5.41, 5.74) is 2.03. The maximum absolute atomic E-state index is 10.1. The van der Waals surface area contributed by atoms with E-state index in [0.717, 1.165) is 16.0 Å². The largest absolute Gasteiger partial charge is 0.383 e. The smallest absolute Gasteiger partial charge is 0.113 e. The Balaban J connectivity index is 2.15. The van der Waals surface area contributed by atoms with Crippen molar-refractivity contribution in [3.05, 3.63) is 57.8 Å². The molecule has 1 unspecified atom stereocenters. The van der Waals surface area contributed by atoms with Crippen LogP contribution in [0.2, 0.25) is 0 Å². The summed E-state index contributed by atoms with van der Waals surface area (Å²) in [6.07, 6.45) is -0.517. The third-order valence-corrected chi connectivity index (χ3v) is 3.34. The quantitative estimate of drug-likeness (QED) is 0.881. The molecule has 1 atom stereocenters. The van der Waals surface area contributed by atoms with Crippen LogP contribution >= 0.6 is 11.3 Å². The highest BCUT2D eigenvalue weighted by Crippen LogP contribution is 2.25. The minimum absolute atomic E-state index is 0.517. The Morgan fingerprint density at radius 3 is 2.56 bits per heavy atom. The van der Waals surface area contributed by atoms with E-state index in [9.17, 15) is 5.11 Å². The Hall–Kier alpha value is -1.16. The summed E-state index contributed by atoms with van der Waals surface area (Å²) in [7, 11) is 1.68. The zero-order valence-electron chi connectivity index (χ0n) is 9.09. The maximum Gasteiger partial charge on any atom is 0.113 e. The molecule has 0 fully saturated rings. The third kappa shape index (κ3) is 2.50. The van der Waals surface area contributed by atoms with Gasteiger partial charge >= 0.3 is 0 Å². The monoisotopic (exact) mass is 234 g/mol. The molecule has 0 amide bonds. The molecule has 2 rings (SSSR count). The number of ether oxygens (including phenoxy) is 1. The molecule has 1 aromatic carbocycles. The second-order valence-corrected chi connectivity index (χ2v) is 4.57. The molecule has 0 spiro atoms. The zero-order chi connectivity index (χ0) is 11.4. The summed E-state index contributed by atoms with van der Waals surface area (Å²) in [6, 6.07) is 11.7. The fraction of sp³-hybridized carbons (Fsp3) is 0.231. The summed E-state index contributed by atoms with van der Waals surface area (Å²) in [4.78, 5) is 0.972. The maximum atomic E-state index is 10.1. The first kappa shape index (κ1) is 11.3. The average Bonchev–Trinajstić information content (AvgIpc) is 2.83. The Morgan fingerprint density at radius 1 is 1.25 bits per heavy atom. The van der Waals surface area contributed by atoms with E-state index in [1.165, 1.54) is 0 Å². The highest BCUT2D eigenvalue weighted by atomic mass is 32.1. The second-order valence-electron chi connectivity index (χ2n) is 3.59. The van der Waals surface area contributed by atoms with Crippen LogP contribution in [-0.2, 0) is 11.3 Å². The summed E-state index contributed by atoms with van der Waals surface area (Å²) < 4.78 is 5.04. The topological polar surface area (TPSA) is 29.5 Å². The van der Waals surface area contributed by atoms with Crippen molar-refractivity contribution in [3.8, 4) is 0 Å². The predicted molar refractivity (Wildman–Crippen MR) is 65.5 cm³/mol. The van der Waals surface area contributed by atoms with Crippen LogP contribution in [-0.4, -0.2) is 12.2 Å². The number of rotatable bonds is 4. The van der Waals surface area contributed by atoms with E-state index in [2.05, 4.69) is 0 Å². The van der Waals surface area contributed by atoms with Gasteiger partial charge in [0.1, 0.15) is 6.10 Å². The van der Waals surface area contributed by atoms with E-state index in [1.54, 1.807) is 18.4 Å². The molecule has 0 aliphatic heterocycles. The van der Waals surface area contributed by atoms with Gasteiger partial charge in [0.25, 0.3) is 0 Å². The Kier molecular flexibility index (Phi) is 3.72. The van der Waals surface area contributed by atoms with Crippen LogP contribution in [0.4, 0.5) is 0 Å². The van der Waals surface area contributed by atoms with Gasteiger partial charge in [-0.05, 0) is 22.6 Å². The normalized spacial score (nSPS) is 12.6. The molecule has 1 N–H and O–H groups in total. The lowest BCUT2D eigenvalue weighted by Gasteiger charge is -2.09. The number of hydrogen-bond donors (Lipinski definition) is 1. The lowest BCUT2D eigenvalue weighted by Crippen LogP contribution is -1.97. The van der Waals surface area contributed by atoms with Gasteiger partial charge in [0, 0.05) is 12.0 Å². The molecule has 1 heterocycles. The molecular weight excluding hydrogens is 220 g/mol. The highest BCUT2D eigenvalue weighted by molar-refractivity contribution is 7.10. The van der Waals surface area contributed by atoms with Crippen molar-refractivity contribution < 1.29 is 9.84 Å². The fourth-order valence-electron chi connectivity index (χ4n) is 1.57. The van der Waals surface area contributed by atoms with Gasteiger partial charge in [-0.1, -0.05) is 30.3 Å². The molecule has 0 radical (unpaired) electrons. The lowest BCUT2D eigenvalue weighted by atomic mass is 10.1. The Labute approximate surface area is 99.1 Å². The number of hydrogen-bond acceptors (Lipinski definition) is 3. The number of thiophene rings is 1. The van der Waals surface area contributed by atoms with E-state index < -0.39 is 6.10 Å². The van der Waals surface area contributed by atoms with Crippen molar-refractivity contribution in [2.75, 3.05) is 7.11 Å². The first-order valence-electron chi connectivity index (χ1n) is 5.10. The second kappa shape index (κ2) is 5.25. The van der Waals surface area contributed by atoms with E-state index in [0.29, 0.717) is 6.61 Å². The van der Waals surface area contributed by atoms with Gasteiger partial charge in [0.05, 0.1) is 6.61 Å². The van der Waals surface area contributed by atoms with Gasteiger partial charge < -0.3 is 9.84 Å². The molecular formula is C13H14O2S. The van der Waals surface area contributed by atoms with Gasteiger partial charge in [-0.3, -0.25) is 0 Å². The van der Waals surface area contributed by atoms with Crippen molar-refractivity contribution in [2.24, 2.45) is 0 Å². The summed E-state index contributed by atoms with van der Waals surface area (Å²) >= 11 is 1.57. The first-order valence-corrected chi connectivity index (χ1v) is 5.98. The van der Waals surface area contributed by atoms with E-state index in [4.69, 9.17) is 4.74 Å². The van der Waals surface area contributed by atoms with Crippen LogP contribution in [0.15, 0.2) is 41.8 Å². The molecule has 0 aliphatic carbocycles. The minimum atomic E-state index is -0.517. The number of aliphatic hydroxyl groups excluding tert-OH is 1. The van der Waals surface area contributed by atoms with Crippen LogP contribution in [0, 0.1) is 0 Å². The number of benzene rings is 1. The van der Waals surface area contributed by atoms with Gasteiger partial charge in [0.15, 0.2) is 0 Å². The molecule has 1 aromatic heterocycles. The van der Waals surface area contributed by atoms with Crippen LogP contribution < -0.4 is 0 Å². The molecule has 84 valence electrons. The van der Waals surface area contributed by atoms with Crippen LogP contribution in [0.3, 0.4) is 0 Å². The molecule has 16 heavy (non-hydrogen) atoms. The standard InChI is InChI=1S/C13H14O2S/c1-15-9-10-4-6-11(7-5-10)13(14)12-3-2-8-16-12/h2-8,13-14H,9H2,1H3. The van der Waals surface area contributed by atoms with Crippen LogP contribution in [0.5, 0.6) is 0 Å². The van der Waals surface area contributed by atoms with Crippen molar-refractivity contribution in [2.45, 2.75) is 12.7 Å². The number of aliphatic hydroxyl groups is 1. The Morgan fingerprint density at radius 2 is 2.00 bits per heavy atom. The third-order valence-electron chi connectivity index (χ3n) is 2.42. The summed E-state index contributed by atoms with van der Waals surface area (Å²) in [5, 5.41) is 12.1. The molecule has 2 aromatic rings. The van der Waals surface area contributed by atoms with Gasteiger partial charge in [0.2, 0.25) is 0 Å². The van der Waals surface area contributed by atoms with Crippen molar-refractivity contribution in [1.82, 2.24) is 0 Å². The number of methoxy groups -OCH3 is 1. The van der Waals surface area contributed by atoms with Crippen LogP contribution in [0.1, 0.15) is 22.1 Å². The van der Waals surface area contributed by atoms with Crippen molar-refractivity contribution >= 4 is 11.3 Å². The minimum Gasteiger partial charge on any atom is -0.383 e. The van der Waals surface area contributed by atoms with Gasteiger partial charge in [-0.25, -0.2) is 0 Å². The van der Waals surface area contributed by atoms with E-state index >= 15 is 0 Å². The molecule has 0 aliphatic rings. The first-order chi connectivity index (χ1) is 7.81. The van der Waals surface area contributed by atoms with E-state index in [-0.39, 0.29) is 0 Å². The molecule has 0 saturated heterocycles. The average molecular weight is 234 g/mol. The van der Waals surface area contributed by atoms with Gasteiger partial charge in [-0.2, -0.15) is 0 Å². The molecule has 3 heteroatoms. The summed E-state index contributed by atoms with van der Waals surface area (Å²) in [6.45, 7) is 0.607. The molecule has 2 nitrogen and oxygen atoms in total. The SMILES string of the molecule is COCc1ccc(C(O)c2cccs2)cc1. The predicted octanol–water partition coefficient (Wildman–Crippen LogP) is 2.98. The van der Waals surface area contributed by atoms with Crippen LogP contribution in [0.25, 0.3) is 0 Å². The molecule has 0 saturated carbocycles. The zero-order valence-corrected chi connectivity index (χ0v) is 9.91. The van der Waals surface area contributed by atoms with Crippen molar-refractivity contribution in [3.63, 3.8) is 0 Å². The Bertz CT molecular complexity index is 420. The molecule has 0 bridgehead atoms. The van der Waals surface area contributed by atoms with Crippen molar-refractivity contribution in [1.29, 1.82) is 0 Å². The highest BCUT2D eigenvalue weighted by Gasteiger charge is 2.10. The summed E-state index contributed by atoms with van der Waals surface area (Å²) in [5.74, 6) is 0. The van der Waals surface area contributed by atoms with E-state index in [1.807, 2.05) is 41.8 Å². The van der Waals surface area contributed by atoms with Gasteiger partial charge in [-0.15, -0.1) is 11.3 Å².